The molecule has 0 aliphatic heterocycles. The van der Waals surface area contributed by atoms with Crippen molar-refractivity contribution in [3.05, 3.63) is 36.7 Å². The summed E-state index contributed by atoms with van der Waals surface area (Å²) in [5.41, 5.74) is 0.873. The van der Waals surface area contributed by atoms with Crippen LogP contribution < -0.4 is 0 Å². The molecule has 2 saturated carbocycles. The van der Waals surface area contributed by atoms with Crippen molar-refractivity contribution in [1.29, 1.82) is 0 Å². The maximum atomic E-state index is 13.0. The van der Waals surface area contributed by atoms with Crippen LogP contribution in [0.1, 0.15) is 70.6 Å². The van der Waals surface area contributed by atoms with Gasteiger partial charge >= 0.3 is 0 Å². The summed E-state index contributed by atoms with van der Waals surface area (Å²) in [6, 6.07) is 0. The molecule has 0 amide bonds. The number of halogens is 1. The smallest absolute Gasteiger partial charge is 0 e. The van der Waals surface area contributed by atoms with Gasteiger partial charge < -0.3 is 0 Å². The molecule has 22 heavy (non-hydrogen) atoms. The van der Waals surface area contributed by atoms with E-state index in [9.17, 15) is 4.39 Å². The fourth-order valence-corrected chi connectivity index (χ4v) is 4.25. The van der Waals surface area contributed by atoms with Crippen molar-refractivity contribution in [3.8, 4) is 0 Å². The second-order valence-corrected chi connectivity index (χ2v) is 7.04. The van der Waals surface area contributed by atoms with Gasteiger partial charge in [-0.05, 0) is 49.3 Å². The van der Waals surface area contributed by atoms with E-state index in [1.54, 1.807) is 0 Å². The van der Waals surface area contributed by atoms with Gasteiger partial charge in [0.1, 0.15) is 0 Å². The number of rotatable bonds is 6. The molecule has 0 bridgehead atoms. The minimum atomic E-state index is -0.388. The molecule has 2 rings (SSSR count). The van der Waals surface area contributed by atoms with Gasteiger partial charge in [-0.1, -0.05) is 44.9 Å². The Morgan fingerprint density at radius 1 is 1.00 bits per heavy atom. The van der Waals surface area contributed by atoms with Crippen molar-refractivity contribution >= 4 is 0 Å². The Morgan fingerprint density at radius 2 is 1.59 bits per heavy atom. The molecule has 0 atom stereocenters. The van der Waals surface area contributed by atoms with Crippen LogP contribution in [0.2, 0.25) is 0 Å². The quantitative estimate of drug-likeness (QED) is 0.363. The van der Waals surface area contributed by atoms with Gasteiger partial charge in [0, 0.05) is 32.7 Å². The van der Waals surface area contributed by atoms with Gasteiger partial charge in [0.05, 0.1) is 0 Å². The minimum Gasteiger partial charge on any atom is -0.250 e. The van der Waals surface area contributed by atoms with E-state index in [0.717, 1.165) is 36.2 Å². The molecule has 2 aliphatic rings. The van der Waals surface area contributed by atoms with E-state index in [-0.39, 0.29) is 38.5 Å². The first-order valence-corrected chi connectivity index (χ1v) is 8.77. The Morgan fingerprint density at radius 3 is 2.18 bits per heavy atom. The fourth-order valence-electron chi connectivity index (χ4n) is 4.25. The second-order valence-electron chi connectivity index (χ2n) is 7.04. The average Bonchev–Trinajstić information content (AvgIpc) is 2.54. The monoisotopic (exact) mass is 378 g/mol. The molecule has 0 saturated heterocycles. The third-order valence-electron chi connectivity index (χ3n) is 5.58. The van der Waals surface area contributed by atoms with Crippen LogP contribution in [0.3, 0.4) is 0 Å². The number of hydrogen-bond acceptors (Lipinski definition) is 0. The average molecular weight is 378 g/mol. The molecular formula is C20H30FY-. The van der Waals surface area contributed by atoms with Crippen molar-refractivity contribution in [1.82, 2.24) is 0 Å². The van der Waals surface area contributed by atoms with E-state index >= 15 is 0 Å². The molecule has 2 heteroatoms. The molecule has 0 unspecified atom stereocenters. The van der Waals surface area contributed by atoms with Crippen molar-refractivity contribution in [2.75, 3.05) is 0 Å². The molecule has 0 nitrogen and oxygen atoms in total. The van der Waals surface area contributed by atoms with Gasteiger partial charge in [-0.2, -0.15) is 12.7 Å². The van der Waals surface area contributed by atoms with E-state index in [1.807, 2.05) is 0 Å². The van der Waals surface area contributed by atoms with Crippen molar-refractivity contribution in [2.24, 2.45) is 17.8 Å². The third kappa shape index (κ3) is 6.79. The Kier molecular flexibility index (Phi) is 10.1. The zero-order chi connectivity index (χ0) is 15.1. The summed E-state index contributed by atoms with van der Waals surface area (Å²) in [5, 5.41) is 0. The molecule has 121 valence electrons. The van der Waals surface area contributed by atoms with Crippen LogP contribution in [-0.4, -0.2) is 0 Å². The molecule has 0 heterocycles. The van der Waals surface area contributed by atoms with Crippen molar-refractivity contribution < 1.29 is 37.1 Å². The molecule has 0 aromatic rings. The van der Waals surface area contributed by atoms with Gasteiger partial charge in [-0.15, -0.1) is 12.2 Å². The normalized spacial score (nSPS) is 27.0. The Hall–Kier alpha value is 0.254. The number of hydrogen-bond donors (Lipinski definition) is 0. The topological polar surface area (TPSA) is 0 Å². The summed E-state index contributed by atoms with van der Waals surface area (Å²) >= 11 is 0. The summed E-state index contributed by atoms with van der Waals surface area (Å²) in [6.45, 7) is 7.24. The molecule has 0 aromatic carbocycles. The predicted molar refractivity (Wildman–Crippen MR) is 88.5 cm³/mol. The first-order valence-electron chi connectivity index (χ1n) is 8.77. The van der Waals surface area contributed by atoms with Crippen LogP contribution in [-0.2, 0) is 32.7 Å². The first kappa shape index (κ1) is 20.3. The summed E-state index contributed by atoms with van der Waals surface area (Å²) < 4.78 is 13.0. The van der Waals surface area contributed by atoms with Gasteiger partial charge in [-0.25, -0.2) is 10.5 Å². The Balaban J connectivity index is 0.00000242. The molecule has 1 radical (unpaired) electrons. The van der Waals surface area contributed by atoms with Gasteiger partial charge in [-0.3, -0.25) is 0 Å². The molecule has 0 aromatic heterocycles. The zero-order valence-corrected chi connectivity index (χ0v) is 16.8. The van der Waals surface area contributed by atoms with E-state index in [0.29, 0.717) is 0 Å². The molecule has 2 fully saturated rings. The van der Waals surface area contributed by atoms with Crippen LogP contribution in [0.15, 0.2) is 30.6 Å². The van der Waals surface area contributed by atoms with Crippen LogP contribution in [0, 0.1) is 23.8 Å². The molecular weight excluding hydrogens is 348 g/mol. The van der Waals surface area contributed by atoms with Gasteiger partial charge in [0.25, 0.3) is 0 Å². The standard InChI is InChI=1S/C20H30F.Y/c1-3-20(21)15-16(2)9-10-17-11-13-19(14-12-17)18-7-5-4-6-8-18;/h15,17-19H,1-2,4-14H2;/q-1;/b20-15+;. The Labute approximate surface area is 161 Å². The van der Waals surface area contributed by atoms with E-state index in [4.69, 9.17) is 0 Å². The third-order valence-corrected chi connectivity index (χ3v) is 5.58. The fraction of sp³-hybridized carbons (Fsp3) is 0.700. The molecule has 0 N–H and O–H groups in total. The van der Waals surface area contributed by atoms with Gasteiger partial charge in [0.2, 0.25) is 0 Å². The summed E-state index contributed by atoms with van der Waals surface area (Å²) in [4.78, 5) is 0. The summed E-state index contributed by atoms with van der Waals surface area (Å²) in [5.74, 6) is 2.46. The number of allylic oxidation sites excluding steroid dienone is 4. The van der Waals surface area contributed by atoms with Gasteiger partial charge in [0.15, 0.2) is 0 Å². The van der Waals surface area contributed by atoms with Crippen molar-refractivity contribution in [3.63, 3.8) is 0 Å². The van der Waals surface area contributed by atoms with E-state index in [2.05, 4.69) is 19.2 Å². The minimum absolute atomic E-state index is 0. The van der Waals surface area contributed by atoms with Crippen molar-refractivity contribution in [2.45, 2.75) is 70.6 Å². The van der Waals surface area contributed by atoms with Crippen LogP contribution in [0.25, 0.3) is 0 Å². The zero-order valence-electron chi connectivity index (χ0n) is 14.0. The Bertz CT molecular complexity index is 371. The molecule has 2 aliphatic carbocycles. The maximum absolute atomic E-state index is 13.0. The van der Waals surface area contributed by atoms with E-state index < -0.39 is 0 Å². The SMILES string of the molecule is C=[C-]/C(F)=C\C(=C)CCC1CCC(C2CCCCC2)CC1.[Y]. The van der Waals surface area contributed by atoms with Crippen LogP contribution in [0.4, 0.5) is 4.39 Å². The largest absolute Gasteiger partial charge is 0.250 e. The first-order chi connectivity index (χ1) is 10.2. The second kappa shape index (κ2) is 10.9. The van der Waals surface area contributed by atoms with Crippen LogP contribution in [0.5, 0.6) is 0 Å². The predicted octanol–water partition coefficient (Wildman–Crippen LogP) is 6.55. The summed E-state index contributed by atoms with van der Waals surface area (Å²) in [7, 11) is 0. The summed E-state index contributed by atoms with van der Waals surface area (Å²) in [6.07, 6.45) is 18.7. The maximum Gasteiger partial charge on any atom is 0 e. The van der Waals surface area contributed by atoms with Crippen LogP contribution >= 0.6 is 0 Å². The molecule has 0 spiro atoms. The van der Waals surface area contributed by atoms with E-state index in [1.165, 1.54) is 63.9 Å².